The molecule has 0 fully saturated rings. The maximum absolute atomic E-state index is 12.2. The van der Waals surface area contributed by atoms with E-state index in [1.807, 2.05) is 183 Å². The summed E-state index contributed by atoms with van der Waals surface area (Å²) >= 11 is 0. The van der Waals surface area contributed by atoms with Crippen LogP contribution in [0.15, 0.2) is 109 Å². The van der Waals surface area contributed by atoms with E-state index < -0.39 is 5.97 Å². The van der Waals surface area contributed by atoms with Crippen LogP contribution in [0.4, 0.5) is 34.1 Å². The van der Waals surface area contributed by atoms with Gasteiger partial charge in [-0.25, -0.2) is 28.8 Å². The molecule has 6 rings (SSSR count). The van der Waals surface area contributed by atoms with Crippen molar-refractivity contribution in [2.24, 2.45) is 0 Å². The number of nitrogens with zero attached hydrogens (tertiary/aromatic N) is 6. The van der Waals surface area contributed by atoms with Gasteiger partial charge in [-0.05, 0) is 257 Å². The molecular weight excluding hydrogens is 1540 g/mol. The minimum absolute atomic E-state index is 0.159. The second-order valence-corrected chi connectivity index (χ2v) is 30.0. The van der Waals surface area contributed by atoms with Gasteiger partial charge in [0.25, 0.3) is 0 Å². The van der Waals surface area contributed by atoms with E-state index in [9.17, 15) is 28.8 Å². The van der Waals surface area contributed by atoms with Crippen LogP contribution < -0.4 is 62.8 Å². The zero-order valence-corrected chi connectivity index (χ0v) is 76.1. The number of carbonyl (C=O) groups excluding carboxylic acids is 6. The predicted molar refractivity (Wildman–Crippen MR) is 480 cm³/mol. The highest BCUT2D eigenvalue weighted by Crippen LogP contribution is 2.29. The highest BCUT2D eigenvalue weighted by atomic mass is 16.6. The molecule has 0 aromatic heterocycles. The molecule has 120 heavy (non-hydrogen) atoms. The smallest absolute Gasteiger partial charge is 0.341 e. The molecule has 0 heterocycles. The molecule has 6 aromatic carbocycles. The van der Waals surface area contributed by atoms with Crippen molar-refractivity contribution < 1.29 is 85.6 Å². The minimum atomic E-state index is -0.392. The Hall–Kier alpha value is -10.5. The molecule has 0 bridgehead atoms. The van der Waals surface area contributed by atoms with Crippen molar-refractivity contribution >= 4 is 69.9 Å². The zero-order chi connectivity index (χ0) is 90.7. The van der Waals surface area contributed by atoms with Gasteiger partial charge in [-0.3, -0.25) is 0 Å². The minimum Gasteiger partial charge on any atom is -0.493 e. The number of nitrogens with two attached hydrogens (primary N) is 6. The average molecular weight is 1680 g/mol. The first-order chi connectivity index (χ1) is 56.7. The number of anilines is 6. The highest BCUT2D eigenvalue weighted by Gasteiger charge is 2.22. The zero-order valence-electron chi connectivity index (χ0n) is 76.1. The van der Waals surface area contributed by atoms with Gasteiger partial charge in [-0.15, -0.1) is 0 Å². The number of hydrogen-bond acceptors (Lipinski definition) is 30. The summed E-state index contributed by atoms with van der Waals surface area (Å²) in [5.41, 5.74) is 40.4. The quantitative estimate of drug-likeness (QED) is 0.00897. The molecule has 0 aliphatic carbocycles. The maximum atomic E-state index is 12.2. The monoisotopic (exact) mass is 1680 g/mol. The van der Waals surface area contributed by atoms with Crippen molar-refractivity contribution in [3.05, 3.63) is 143 Å². The summed E-state index contributed by atoms with van der Waals surface area (Å²) in [5.74, 6) is 0.777. The van der Waals surface area contributed by atoms with Gasteiger partial charge in [0.15, 0.2) is 0 Å². The number of hydrogen-bond donors (Lipinski definition) is 6. The molecule has 0 saturated carbocycles. The Kier molecular flexibility index (Phi) is 53.1. The van der Waals surface area contributed by atoms with Crippen LogP contribution in [-0.4, -0.2) is 265 Å². The average Bonchev–Trinajstić information content (AvgIpc) is 0.973. The maximum Gasteiger partial charge on any atom is 0.341 e. The lowest BCUT2D eigenvalue weighted by Crippen LogP contribution is -2.30. The lowest BCUT2D eigenvalue weighted by Gasteiger charge is -2.19. The third-order valence-electron chi connectivity index (χ3n) is 18.5. The van der Waals surface area contributed by atoms with E-state index in [2.05, 4.69) is 13.8 Å². The standard InChI is InChI=1S/2C16H26N2O3.2C15H24N2O3.2C14H22N2O3/c1-5-6-9-20-15-10-13(17)7-8-14(15)16(19)21-11-12(2)18(3)4;1-5-6-9-20-15-10-13(7-8-14(15)17)16(19)21-11-12(2)18(3)4;1-5-8-19-14-9-12(16)6-7-13(14)15(18)20-10-11(2)17(3)4;1-5-8-19-14-9-12(6-7-13(14)16)15(18)20-10-11(2)17(3)4;1-5-18-13-8-11(15)6-7-12(13)14(17)19-9-10(2)16(3)4;1-5-18-13-8-11(6-7-12(13)15)14(17)19-9-10(2)16(3)4/h2*7-8,10,12H,5-6,9,11,17H2,1-4H3;2*6-7,9,11H,5,8,10,16H2,1-4H3;2*6-8,10H,5,9,15H2,1-4H3/t2*12-;2*11-;2*10-/m000000/s1. The Bertz CT molecular complexity index is 3980. The summed E-state index contributed by atoms with van der Waals surface area (Å²) in [4.78, 5) is 84.1. The molecule has 12 N–H and O–H groups in total. The lowest BCUT2D eigenvalue weighted by molar-refractivity contribution is 0.0403. The van der Waals surface area contributed by atoms with Crippen LogP contribution >= 0.6 is 0 Å². The second kappa shape index (κ2) is 59.2. The third-order valence-corrected chi connectivity index (χ3v) is 18.5. The van der Waals surface area contributed by atoms with Gasteiger partial charge in [0.1, 0.15) is 90.8 Å². The molecule has 30 heteroatoms. The van der Waals surface area contributed by atoms with Gasteiger partial charge in [0.2, 0.25) is 0 Å². The lowest BCUT2D eigenvalue weighted by atomic mass is 10.2. The van der Waals surface area contributed by atoms with E-state index in [4.69, 9.17) is 91.2 Å². The first kappa shape index (κ1) is 108. The molecule has 0 amide bonds. The summed E-state index contributed by atoms with van der Waals surface area (Å²) in [6, 6.07) is 30.7. The Morgan fingerprint density at radius 2 is 0.483 bits per heavy atom. The van der Waals surface area contributed by atoms with E-state index >= 15 is 0 Å². The van der Waals surface area contributed by atoms with E-state index in [0.717, 1.165) is 38.5 Å². The Morgan fingerprint density at radius 1 is 0.267 bits per heavy atom. The molecule has 0 spiro atoms. The van der Waals surface area contributed by atoms with Crippen LogP contribution in [0.25, 0.3) is 0 Å². The summed E-state index contributed by atoms with van der Waals surface area (Å²) in [6.45, 7) is 29.1. The first-order valence-corrected chi connectivity index (χ1v) is 40.9. The molecule has 6 atom stereocenters. The summed E-state index contributed by atoms with van der Waals surface area (Å²) in [7, 11) is 23.3. The van der Waals surface area contributed by atoms with Gasteiger partial charge < -0.3 is 121 Å². The normalized spacial score (nSPS) is 12.2. The number of ether oxygens (including phenoxy) is 12. The Balaban J connectivity index is 0.000000720. The van der Waals surface area contributed by atoms with Crippen LogP contribution in [0.3, 0.4) is 0 Å². The summed E-state index contributed by atoms with van der Waals surface area (Å²) in [5, 5.41) is 0. The SMILES string of the molecule is CCCCOc1cc(C(=O)OC[C@H](C)N(C)C)ccc1N.CCCCOc1cc(N)ccc1C(=O)OC[C@H](C)N(C)C.CCCOc1cc(C(=O)OC[C@H](C)N(C)C)ccc1N.CCCOc1cc(N)ccc1C(=O)OC[C@H](C)N(C)C.CCOc1cc(C(=O)OC[C@H](C)N(C)C)ccc1N.CCOc1cc(N)ccc1C(=O)OC[C@H](C)N(C)C. The van der Waals surface area contributed by atoms with Gasteiger partial charge in [0, 0.05) is 71.5 Å². The van der Waals surface area contributed by atoms with Crippen molar-refractivity contribution in [2.75, 3.05) is 198 Å². The number of unbranched alkanes of at least 4 members (excludes halogenated alkanes) is 2. The number of nitrogen functional groups attached to an aromatic ring is 6. The molecule has 672 valence electrons. The number of benzene rings is 6. The van der Waals surface area contributed by atoms with Crippen molar-refractivity contribution in [1.29, 1.82) is 0 Å². The van der Waals surface area contributed by atoms with Crippen LogP contribution in [0.2, 0.25) is 0 Å². The largest absolute Gasteiger partial charge is 0.493 e. The van der Waals surface area contributed by atoms with E-state index in [1.54, 1.807) is 109 Å². The van der Waals surface area contributed by atoms with Crippen molar-refractivity contribution in [1.82, 2.24) is 29.4 Å². The van der Waals surface area contributed by atoms with E-state index in [1.165, 1.54) is 0 Å². The van der Waals surface area contributed by atoms with Gasteiger partial charge in [0.05, 0.1) is 73.4 Å². The highest BCUT2D eigenvalue weighted by molar-refractivity contribution is 5.95. The third kappa shape index (κ3) is 42.4. The van der Waals surface area contributed by atoms with Crippen LogP contribution in [-0.2, 0) is 28.4 Å². The number of carbonyl (C=O) groups is 6. The fourth-order valence-corrected chi connectivity index (χ4v) is 8.78. The van der Waals surface area contributed by atoms with Gasteiger partial charge >= 0.3 is 35.8 Å². The van der Waals surface area contributed by atoms with Crippen LogP contribution in [0.1, 0.15) is 184 Å². The Morgan fingerprint density at radius 3 is 0.725 bits per heavy atom. The summed E-state index contributed by atoms with van der Waals surface area (Å²) < 4.78 is 64.8. The number of likely N-dealkylation sites (N-methyl/N-ethyl adjacent to an activating group) is 6. The molecular formula is C90H144N12O18. The fraction of sp³-hybridized carbons (Fsp3) is 0.533. The number of esters is 6. The molecule has 0 unspecified atom stereocenters. The van der Waals surface area contributed by atoms with E-state index in [-0.39, 0.29) is 66.1 Å². The van der Waals surface area contributed by atoms with Crippen molar-refractivity contribution in [2.45, 2.75) is 158 Å². The molecule has 0 aliphatic rings. The first-order valence-electron chi connectivity index (χ1n) is 40.9. The van der Waals surface area contributed by atoms with Crippen LogP contribution in [0.5, 0.6) is 34.5 Å². The topological polar surface area (TPSA) is 389 Å². The van der Waals surface area contributed by atoms with Crippen LogP contribution in [0, 0.1) is 0 Å². The van der Waals surface area contributed by atoms with Gasteiger partial charge in [-0.1, -0.05) is 40.5 Å². The van der Waals surface area contributed by atoms with E-state index in [0.29, 0.717) is 181 Å². The molecule has 0 radical (unpaired) electrons. The van der Waals surface area contributed by atoms with Crippen molar-refractivity contribution in [3.8, 4) is 34.5 Å². The molecule has 30 nitrogen and oxygen atoms in total. The molecule has 6 aromatic rings. The fourth-order valence-electron chi connectivity index (χ4n) is 8.78. The Labute approximate surface area is 714 Å². The summed E-state index contributed by atoms with van der Waals surface area (Å²) in [6.07, 6.45) is 5.71. The molecule has 0 aliphatic heterocycles. The second-order valence-electron chi connectivity index (χ2n) is 30.0. The molecule has 0 saturated heterocycles. The van der Waals surface area contributed by atoms with Gasteiger partial charge in [-0.2, -0.15) is 0 Å². The number of rotatable bonds is 42. The predicted octanol–water partition coefficient (Wildman–Crippen LogP) is 13.0. The van der Waals surface area contributed by atoms with Crippen molar-refractivity contribution in [3.63, 3.8) is 0 Å².